The van der Waals surface area contributed by atoms with Gasteiger partial charge in [-0.2, -0.15) is 0 Å². The van der Waals surface area contributed by atoms with E-state index in [9.17, 15) is 4.79 Å². The summed E-state index contributed by atoms with van der Waals surface area (Å²) in [4.78, 5) is 20.0. The highest BCUT2D eigenvalue weighted by molar-refractivity contribution is 9.10. The summed E-state index contributed by atoms with van der Waals surface area (Å²) >= 11 is 8.87. The number of hydrogen-bond donors (Lipinski definition) is 1. The molecule has 15 heavy (non-hydrogen) atoms. The van der Waals surface area contributed by atoms with E-state index in [2.05, 4.69) is 25.9 Å². The predicted octanol–water partition coefficient (Wildman–Crippen LogP) is 1.99. The average molecular weight is 295 g/mol. The number of H-pyrrole nitrogens is 1. The number of rotatable bonds is 5. The Kier molecular flexibility index (Phi) is 5.11. The van der Waals surface area contributed by atoms with Gasteiger partial charge in [0.25, 0.3) is 5.56 Å². The monoisotopic (exact) mass is 293 g/mol. The summed E-state index contributed by atoms with van der Waals surface area (Å²) in [7, 11) is 0. The fourth-order valence-electron chi connectivity index (χ4n) is 1.26. The number of halogens is 2. The maximum absolute atomic E-state index is 11.3. The van der Waals surface area contributed by atoms with Crippen LogP contribution in [0.2, 0.25) is 0 Å². The van der Waals surface area contributed by atoms with E-state index in [0.717, 1.165) is 19.5 Å². The Morgan fingerprint density at radius 2 is 2.40 bits per heavy atom. The van der Waals surface area contributed by atoms with Gasteiger partial charge in [0, 0.05) is 19.0 Å². The van der Waals surface area contributed by atoms with Gasteiger partial charge in [-0.3, -0.25) is 4.79 Å². The van der Waals surface area contributed by atoms with Gasteiger partial charge in [0.15, 0.2) is 0 Å². The number of aromatic nitrogens is 2. The van der Waals surface area contributed by atoms with Crippen molar-refractivity contribution in [3.05, 3.63) is 21.2 Å². The smallest absolute Gasteiger partial charge is 0.267 e. The lowest BCUT2D eigenvalue weighted by Gasteiger charge is -2.21. The van der Waals surface area contributed by atoms with E-state index < -0.39 is 0 Å². The Balaban J connectivity index is 2.91. The molecule has 0 bridgehead atoms. The summed E-state index contributed by atoms with van der Waals surface area (Å²) in [6.07, 6.45) is 2.28. The minimum atomic E-state index is -0.163. The maximum Gasteiger partial charge on any atom is 0.267 e. The lowest BCUT2D eigenvalue weighted by molar-refractivity contribution is 0.774. The van der Waals surface area contributed by atoms with E-state index in [4.69, 9.17) is 11.6 Å². The second kappa shape index (κ2) is 6.12. The molecule has 6 heteroatoms. The third-order valence-electron chi connectivity index (χ3n) is 2.02. The number of hydrogen-bond acceptors (Lipinski definition) is 3. The molecule has 1 aromatic rings. The van der Waals surface area contributed by atoms with Crippen molar-refractivity contribution >= 4 is 33.3 Å². The van der Waals surface area contributed by atoms with Gasteiger partial charge in [-0.15, -0.1) is 11.6 Å². The first-order chi connectivity index (χ1) is 7.20. The number of anilines is 1. The highest BCUT2D eigenvalue weighted by Crippen LogP contribution is 2.18. The molecule has 1 aromatic heterocycles. The van der Waals surface area contributed by atoms with Crippen LogP contribution in [-0.4, -0.2) is 28.9 Å². The van der Waals surface area contributed by atoms with Crippen molar-refractivity contribution in [1.82, 2.24) is 9.97 Å². The molecule has 1 heterocycles. The molecule has 0 atom stereocenters. The zero-order valence-electron chi connectivity index (χ0n) is 8.46. The molecule has 0 aliphatic rings. The third kappa shape index (κ3) is 3.21. The molecule has 0 fully saturated rings. The van der Waals surface area contributed by atoms with Gasteiger partial charge in [0.1, 0.15) is 10.3 Å². The largest absolute Gasteiger partial charge is 0.356 e. The van der Waals surface area contributed by atoms with Crippen LogP contribution in [-0.2, 0) is 0 Å². The Labute approximate surface area is 102 Å². The van der Waals surface area contributed by atoms with Gasteiger partial charge in [-0.1, -0.05) is 0 Å². The van der Waals surface area contributed by atoms with Crippen molar-refractivity contribution in [2.24, 2.45) is 0 Å². The van der Waals surface area contributed by atoms with Gasteiger partial charge in [0.05, 0.1) is 6.33 Å². The molecule has 0 amide bonds. The summed E-state index contributed by atoms with van der Waals surface area (Å²) in [6, 6.07) is 0. The van der Waals surface area contributed by atoms with Crippen LogP contribution >= 0.6 is 27.5 Å². The van der Waals surface area contributed by atoms with Crippen LogP contribution in [0.4, 0.5) is 5.82 Å². The Bertz CT molecular complexity index is 369. The number of aromatic amines is 1. The topological polar surface area (TPSA) is 49.0 Å². The summed E-state index contributed by atoms with van der Waals surface area (Å²) in [5, 5.41) is 0. The lowest BCUT2D eigenvalue weighted by Crippen LogP contribution is -2.27. The molecule has 0 aliphatic heterocycles. The first-order valence-electron chi connectivity index (χ1n) is 4.74. The third-order valence-corrected chi connectivity index (χ3v) is 3.00. The van der Waals surface area contributed by atoms with Gasteiger partial charge in [0.2, 0.25) is 0 Å². The van der Waals surface area contributed by atoms with Crippen molar-refractivity contribution in [3.8, 4) is 0 Å². The van der Waals surface area contributed by atoms with E-state index in [-0.39, 0.29) is 5.56 Å². The van der Waals surface area contributed by atoms with Crippen molar-refractivity contribution in [2.45, 2.75) is 13.3 Å². The van der Waals surface area contributed by atoms with Crippen LogP contribution in [0.15, 0.2) is 15.6 Å². The van der Waals surface area contributed by atoms with Crippen molar-refractivity contribution in [3.63, 3.8) is 0 Å². The van der Waals surface area contributed by atoms with E-state index in [1.807, 2.05) is 11.8 Å². The van der Waals surface area contributed by atoms with Gasteiger partial charge in [-0.25, -0.2) is 4.98 Å². The van der Waals surface area contributed by atoms with Crippen LogP contribution in [0.3, 0.4) is 0 Å². The van der Waals surface area contributed by atoms with E-state index in [1.165, 1.54) is 6.33 Å². The van der Waals surface area contributed by atoms with Gasteiger partial charge in [-0.05, 0) is 29.3 Å². The van der Waals surface area contributed by atoms with Gasteiger partial charge >= 0.3 is 0 Å². The zero-order chi connectivity index (χ0) is 11.3. The van der Waals surface area contributed by atoms with E-state index in [0.29, 0.717) is 16.2 Å². The van der Waals surface area contributed by atoms with Crippen molar-refractivity contribution in [1.29, 1.82) is 0 Å². The van der Waals surface area contributed by atoms with Crippen LogP contribution in [0.5, 0.6) is 0 Å². The average Bonchev–Trinajstić information content (AvgIpc) is 2.25. The Hall–Kier alpha value is -0.550. The molecule has 0 aromatic carbocycles. The number of nitrogens with one attached hydrogen (secondary N) is 1. The minimum absolute atomic E-state index is 0.163. The fraction of sp³-hybridized carbons (Fsp3) is 0.556. The van der Waals surface area contributed by atoms with Crippen LogP contribution in [0, 0.1) is 0 Å². The number of alkyl halides is 1. The quantitative estimate of drug-likeness (QED) is 0.845. The molecular weight excluding hydrogens is 281 g/mol. The predicted molar refractivity (Wildman–Crippen MR) is 65.8 cm³/mol. The van der Waals surface area contributed by atoms with Gasteiger partial charge < -0.3 is 9.88 Å². The highest BCUT2D eigenvalue weighted by Gasteiger charge is 2.11. The molecule has 0 saturated carbocycles. The highest BCUT2D eigenvalue weighted by atomic mass is 79.9. The standard InChI is InChI=1S/C9H13BrClN3O/c1-2-14(5-3-4-11)8-7(10)9(15)13-6-12-8/h6H,2-5H2,1H3,(H,12,13,15). The molecule has 84 valence electrons. The molecule has 0 spiro atoms. The second-order valence-electron chi connectivity index (χ2n) is 2.99. The minimum Gasteiger partial charge on any atom is -0.356 e. The van der Waals surface area contributed by atoms with Crippen molar-refractivity contribution < 1.29 is 0 Å². The van der Waals surface area contributed by atoms with Crippen LogP contribution in [0.1, 0.15) is 13.3 Å². The van der Waals surface area contributed by atoms with Crippen molar-refractivity contribution in [2.75, 3.05) is 23.9 Å². The zero-order valence-corrected chi connectivity index (χ0v) is 10.8. The summed E-state index contributed by atoms with van der Waals surface area (Å²) < 4.78 is 0.474. The molecule has 0 saturated heterocycles. The summed E-state index contributed by atoms with van der Waals surface area (Å²) in [5.74, 6) is 1.28. The van der Waals surface area contributed by atoms with E-state index >= 15 is 0 Å². The SMILES string of the molecule is CCN(CCCCl)c1nc[nH]c(=O)c1Br. The van der Waals surface area contributed by atoms with E-state index in [1.54, 1.807) is 0 Å². The Morgan fingerprint density at radius 3 is 3.00 bits per heavy atom. The first kappa shape index (κ1) is 12.5. The molecular formula is C9H13BrClN3O. The summed E-state index contributed by atoms with van der Waals surface area (Å²) in [6.45, 7) is 3.62. The summed E-state index contributed by atoms with van der Waals surface area (Å²) in [5.41, 5.74) is -0.163. The fourth-order valence-corrected chi connectivity index (χ4v) is 1.85. The first-order valence-corrected chi connectivity index (χ1v) is 6.07. The van der Waals surface area contributed by atoms with Crippen LogP contribution < -0.4 is 10.5 Å². The molecule has 0 radical (unpaired) electrons. The molecule has 1 N–H and O–H groups in total. The molecule has 1 rings (SSSR count). The maximum atomic E-state index is 11.3. The Morgan fingerprint density at radius 1 is 1.67 bits per heavy atom. The number of nitrogens with zero attached hydrogens (tertiary/aromatic N) is 2. The molecule has 0 unspecified atom stereocenters. The molecule has 0 aliphatic carbocycles. The second-order valence-corrected chi connectivity index (χ2v) is 4.16. The normalized spacial score (nSPS) is 10.3. The lowest BCUT2D eigenvalue weighted by atomic mass is 10.4. The molecule has 4 nitrogen and oxygen atoms in total. The van der Waals surface area contributed by atoms with Crippen LogP contribution in [0.25, 0.3) is 0 Å².